The number of halogens is 2. The first kappa shape index (κ1) is 14.9. The van der Waals surface area contributed by atoms with E-state index in [-0.39, 0.29) is 11.7 Å². The zero-order valence-corrected chi connectivity index (χ0v) is 11.6. The zero-order chi connectivity index (χ0) is 15.4. The lowest BCUT2D eigenvalue weighted by molar-refractivity contribution is 0.0594. The standard InChI is InChI=1S/C15H14F2N2O2/c1-9(10-4-3-7-18-8-10)19-12-6-5-11(15(20)21-2)13(16)14(12)17/h3-9,19H,1-2H3. The van der Waals surface area contributed by atoms with Crippen molar-refractivity contribution in [1.29, 1.82) is 0 Å². The van der Waals surface area contributed by atoms with Gasteiger partial charge >= 0.3 is 5.97 Å². The Hall–Kier alpha value is -2.50. The second kappa shape index (κ2) is 6.30. The van der Waals surface area contributed by atoms with E-state index in [0.717, 1.165) is 12.7 Å². The van der Waals surface area contributed by atoms with E-state index in [1.807, 2.05) is 6.07 Å². The number of hydrogen-bond donors (Lipinski definition) is 1. The minimum atomic E-state index is -1.23. The summed E-state index contributed by atoms with van der Waals surface area (Å²) >= 11 is 0. The van der Waals surface area contributed by atoms with Crippen molar-refractivity contribution in [3.8, 4) is 0 Å². The van der Waals surface area contributed by atoms with Gasteiger partial charge in [-0.05, 0) is 30.7 Å². The Labute approximate surface area is 120 Å². The number of benzene rings is 1. The normalized spacial score (nSPS) is 11.8. The maximum absolute atomic E-state index is 14.0. The van der Waals surface area contributed by atoms with Gasteiger partial charge in [-0.1, -0.05) is 6.07 Å². The molecule has 1 aromatic heterocycles. The molecule has 1 unspecified atom stereocenters. The van der Waals surface area contributed by atoms with E-state index in [2.05, 4.69) is 15.0 Å². The first-order valence-electron chi connectivity index (χ1n) is 6.27. The summed E-state index contributed by atoms with van der Waals surface area (Å²) in [6, 6.07) is 5.80. The second-order valence-corrected chi connectivity index (χ2v) is 4.43. The maximum atomic E-state index is 14.0. The van der Waals surface area contributed by atoms with E-state index in [0.29, 0.717) is 0 Å². The van der Waals surface area contributed by atoms with Crippen LogP contribution in [0.25, 0.3) is 0 Å². The third-order valence-electron chi connectivity index (χ3n) is 3.04. The second-order valence-electron chi connectivity index (χ2n) is 4.43. The smallest absolute Gasteiger partial charge is 0.340 e. The predicted octanol–water partition coefficient (Wildman–Crippen LogP) is 3.32. The van der Waals surface area contributed by atoms with Gasteiger partial charge in [0.05, 0.1) is 24.4 Å². The number of nitrogens with one attached hydrogen (secondary N) is 1. The van der Waals surface area contributed by atoms with Crippen LogP contribution in [-0.4, -0.2) is 18.1 Å². The van der Waals surface area contributed by atoms with Crippen LogP contribution in [0.3, 0.4) is 0 Å². The van der Waals surface area contributed by atoms with Crippen LogP contribution < -0.4 is 5.32 Å². The van der Waals surface area contributed by atoms with Crippen molar-refractivity contribution in [2.75, 3.05) is 12.4 Å². The number of esters is 1. The first-order valence-corrected chi connectivity index (χ1v) is 6.27. The van der Waals surface area contributed by atoms with Crippen LogP contribution in [0.1, 0.15) is 28.9 Å². The molecular formula is C15H14F2N2O2. The van der Waals surface area contributed by atoms with Crippen LogP contribution in [0.4, 0.5) is 14.5 Å². The Morgan fingerprint density at radius 1 is 1.29 bits per heavy atom. The van der Waals surface area contributed by atoms with Crippen molar-refractivity contribution in [2.45, 2.75) is 13.0 Å². The lowest BCUT2D eigenvalue weighted by Gasteiger charge is -2.16. The van der Waals surface area contributed by atoms with Crippen molar-refractivity contribution in [3.63, 3.8) is 0 Å². The highest BCUT2D eigenvalue weighted by Crippen LogP contribution is 2.25. The Kier molecular flexibility index (Phi) is 4.47. The van der Waals surface area contributed by atoms with Crippen molar-refractivity contribution in [2.24, 2.45) is 0 Å². The Morgan fingerprint density at radius 3 is 2.67 bits per heavy atom. The molecule has 0 amide bonds. The minimum Gasteiger partial charge on any atom is -0.465 e. The summed E-state index contributed by atoms with van der Waals surface area (Å²) in [7, 11) is 1.11. The fraction of sp³-hybridized carbons (Fsp3) is 0.200. The van der Waals surface area contributed by atoms with Gasteiger partial charge in [-0.25, -0.2) is 13.6 Å². The van der Waals surface area contributed by atoms with Gasteiger partial charge in [0, 0.05) is 12.4 Å². The van der Waals surface area contributed by atoms with Gasteiger partial charge in [-0.3, -0.25) is 4.98 Å². The third-order valence-corrected chi connectivity index (χ3v) is 3.04. The van der Waals surface area contributed by atoms with E-state index in [1.54, 1.807) is 25.4 Å². The van der Waals surface area contributed by atoms with E-state index < -0.39 is 23.2 Å². The number of ether oxygens (including phenoxy) is 1. The Bertz CT molecular complexity index is 648. The highest BCUT2D eigenvalue weighted by Gasteiger charge is 2.20. The number of carbonyl (C=O) groups is 1. The van der Waals surface area contributed by atoms with Gasteiger partial charge in [0.2, 0.25) is 0 Å². The van der Waals surface area contributed by atoms with E-state index in [1.165, 1.54) is 12.1 Å². The number of carbonyl (C=O) groups excluding carboxylic acids is 1. The summed E-state index contributed by atoms with van der Waals surface area (Å²) in [5.74, 6) is -3.27. The van der Waals surface area contributed by atoms with Crippen molar-refractivity contribution < 1.29 is 18.3 Å². The number of aromatic nitrogens is 1. The molecule has 1 aromatic carbocycles. The van der Waals surface area contributed by atoms with Crippen molar-refractivity contribution >= 4 is 11.7 Å². The number of pyridine rings is 1. The molecule has 0 aliphatic carbocycles. The molecule has 0 fully saturated rings. The molecule has 4 nitrogen and oxygen atoms in total. The molecule has 1 heterocycles. The predicted molar refractivity (Wildman–Crippen MR) is 74.0 cm³/mol. The number of hydrogen-bond acceptors (Lipinski definition) is 4. The highest BCUT2D eigenvalue weighted by molar-refractivity contribution is 5.90. The van der Waals surface area contributed by atoms with Crippen LogP contribution in [0, 0.1) is 11.6 Å². The molecule has 110 valence electrons. The number of nitrogens with zero attached hydrogens (tertiary/aromatic N) is 1. The summed E-state index contributed by atoms with van der Waals surface area (Å²) in [4.78, 5) is 15.3. The average Bonchev–Trinajstić information content (AvgIpc) is 2.52. The average molecular weight is 292 g/mol. The molecule has 0 radical (unpaired) electrons. The molecule has 2 rings (SSSR count). The molecule has 2 aromatic rings. The maximum Gasteiger partial charge on any atom is 0.340 e. The zero-order valence-electron chi connectivity index (χ0n) is 11.6. The fourth-order valence-electron chi connectivity index (χ4n) is 1.88. The van der Waals surface area contributed by atoms with Crippen LogP contribution in [0.2, 0.25) is 0 Å². The molecule has 0 bridgehead atoms. The summed E-state index contributed by atoms with van der Waals surface area (Å²) < 4.78 is 32.2. The van der Waals surface area contributed by atoms with Gasteiger partial charge < -0.3 is 10.1 Å². The van der Waals surface area contributed by atoms with Gasteiger partial charge in [-0.2, -0.15) is 0 Å². The molecule has 1 N–H and O–H groups in total. The molecule has 1 atom stereocenters. The van der Waals surface area contributed by atoms with Gasteiger partial charge in [-0.15, -0.1) is 0 Å². The number of methoxy groups -OCH3 is 1. The fourth-order valence-corrected chi connectivity index (χ4v) is 1.88. The third kappa shape index (κ3) is 3.16. The molecule has 0 aliphatic rings. The van der Waals surface area contributed by atoms with Crippen molar-refractivity contribution in [3.05, 3.63) is 59.4 Å². The van der Waals surface area contributed by atoms with E-state index in [4.69, 9.17) is 0 Å². The minimum absolute atomic E-state index is 0.0310. The van der Waals surface area contributed by atoms with Gasteiger partial charge in [0.1, 0.15) is 0 Å². The molecule has 21 heavy (non-hydrogen) atoms. The summed E-state index contributed by atoms with van der Waals surface area (Å²) in [5, 5.41) is 2.84. The highest BCUT2D eigenvalue weighted by atomic mass is 19.2. The van der Waals surface area contributed by atoms with Crippen LogP contribution in [0.5, 0.6) is 0 Å². The molecule has 0 aliphatic heterocycles. The molecule has 6 heteroatoms. The largest absolute Gasteiger partial charge is 0.465 e. The lowest BCUT2D eigenvalue weighted by Crippen LogP contribution is -2.12. The molecule has 0 saturated carbocycles. The van der Waals surface area contributed by atoms with E-state index >= 15 is 0 Å². The van der Waals surface area contributed by atoms with Gasteiger partial charge in [0.15, 0.2) is 11.6 Å². The summed E-state index contributed by atoms with van der Waals surface area (Å²) in [5.41, 5.74) is 0.362. The Balaban J connectivity index is 2.26. The lowest BCUT2D eigenvalue weighted by atomic mass is 10.1. The summed E-state index contributed by atoms with van der Waals surface area (Å²) in [6.45, 7) is 1.79. The van der Waals surface area contributed by atoms with Crippen LogP contribution in [0.15, 0.2) is 36.7 Å². The SMILES string of the molecule is COC(=O)c1ccc(NC(C)c2cccnc2)c(F)c1F. The Morgan fingerprint density at radius 2 is 2.05 bits per heavy atom. The topological polar surface area (TPSA) is 51.2 Å². The summed E-state index contributed by atoms with van der Waals surface area (Å²) in [6.07, 6.45) is 3.26. The van der Waals surface area contributed by atoms with Crippen molar-refractivity contribution in [1.82, 2.24) is 4.98 Å². The van der Waals surface area contributed by atoms with Gasteiger partial charge in [0.25, 0.3) is 0 Å². The monoisotopic (exact) mass is 292 g/mol. The first-order chi connectivity index (χ1) is 10.0. The molecule has 0 saturated heterocycles. The van der Waals surface area contributed by atoms with Crippen LogP contribution >= 0.6 is 0 Å². The number of rotatable bonds is 4. The van der Waals surface area contributed by atoms with E-state index in [9.17, 15) is 13.6 Å². The quantitative estimate of drug-likeness (QED) is 0.878. The number of anilines is 1. The van der Waals surface area contributed by atoms with Crippen LogP contribution in [-0.2, 0) is 4.74 Å². The molecule has 0 spiro atoms. The molecular weight excluding hydrogens is 278 g/mol.